The molecule has 1 aliphatic rings. The molecule has 1 fully saturated rings. The van der Waals surface area contributed by atoms with Crippen LogP contribution in [0.5, 0.6) is 0 Å². The first-order valence-electron chi connectivity index (χ1n) is 8.85. The quantitative estimate of drug-likeness (QED) is 0.718. The zero-order chi connectivity index (χ0) is 17.8. The molecule has 1 atom stereocenters. The molecule has 0 amide bonds. The van der Waals surface area contributed by atoms with Crippen molar-refractivity contribution in [2.24, 2.45) is 0 Å². The third kappa shape index (κ3) is 3.77. The van der Waals surface area contributed by atoms with Gasteiger partial charge in [0.1, 0.15) is 0 Å². The van der Waals surface area contributed by atoms with Gasteiger partial charge in [-0.1, -0.05) is 29.4 Å². The summed E-state index contributed by atoms with van der Waals surface area (Å²) in [6.45, 7) is 5.12. The number of aromatic nitrogens is 4. The Bertz CT molecular complexity index is 794. The van der Waals surface area contributed by atoms with Crippen molar-refractivity contribution in [1.82, 2.24) is 30.0 Å². The van der Waals surface area contributed by atoms with Gasteiger partial charge in [-0.15, -0.1) is 11.3 Å². The van der Waals surface area contributed by atoms with E-state index in [1.165, 1.54) is 4.88 Å². The van der Waals surface area contributed by atoms with Crippen LogP contribution in [0.1, 0.15) is 10.9 Å². The molecule has 3 heterocycles. The molecule has 0 radical (unpaired) electrons. The van der Waals surface area contributed by atoms with E-state index in [0.717, 1.165) is 38.4 Å². The number of piperazine rings is 1. The van der Waals surface area contributed by atoms with E-state index in [4.69, 9.17) is 0 Å². The maximum absolute atomic E-state index is 4.17. The molecule has 0 bridgehead atoms. The van der Waals surface area contributed by atoms with E-state index in [-0.39, 0.29) is 0 Å². The zero-order valence-electron chi connectivity index (χ0n) is 14.8. The van der Waals surface area contributed by atoms with Crippen LogP contribution in [0.4, 0.5) is 5.95 Å². The van der Waals surface area contributed by atoms with Crippen molar-refractivity contribution in [2.75, 3.05) is 45.1 Å². The molecule has 0 spiro atoms. The second-order valence-electron chi connectivity index (χ2n) is 6.50. The van der Waals surface area contributed by atoms with Gasteiger partial charge < -0.3 is 10.2 Å². The molecular weight excluding hydrogens is 346 g/mol. The van der Waals surface area contributed by atoms with Crippen LogP contribution in [0, 0.1) is 0 Å². The van der Waals surface area contributed by atoms with Gasteiger partial charge in [0.05, 0.1) is 11.7 Å². The van der Waals surface area contributed by atoms with Crippen molar-refractivity contribution in [3.8, 4) is 5.69 Å². The van der Waals surface area contributed by atoms with Crippen molar-refractivity contribution in [1.29, 1.82) is 0 Å². The Kier molecular flexibility index (Phi) is 5.24. The third-order valence-corrected chi connectivity index (χ3v) is 5.75. The summed E-state index contributed by atoms with van der Waals surface area (Å²) >= 11 is 1.81. The number of thiophene rings is 1. The maximum Gasteiger partial charge on any atom is 0.247 e. The molecule has 0 saturated carbocycles. The highest BCUT2D eigenvalue weighted by Crippen LogP contribution is 2.26. The van der Waals surface area contributed by atoms with Gasteiger partial charge >= 0.3 is 0 Å². The fraction of sp³-hybridized carbons (Fsp3) is 0.389. The number of benzene rings is 1. The van der Waals surface area contributed by atoms with Gasteiger partial charge in [0.15, 0.2) is 0 Å². The van der Waals surface area contributed by atoms with Gasteiger partial charge in [-0.25, -0.2) is 0 Å². The van der Waals surface area contributed by atoms with Crippen LogP contribution in [0.3, 0.4) is 0 Å². The predicted octanol–water partition coefficient (Wildman–Crippen LogP) is 2.12. The first kappa shape index (κ1) is 17.1. The van der Waals surface area contributed by atoms with E-state index in [1.807, 2.05) is 41.7 Å². The molecular formula is C18H23N7S. The Balaban J connectivity index is 1.50. The third-order valence-electron chi connectivity index (χ3n) is 4.77. The second kappa shape index (κ2) is 7.94. The summed E-state index contributed by atoms with van der Waals surface area (Å²) in [4.78, 5) is 6.31. The number of rotatable bonds is 6. The summed E-state index contributed by atoms with van der Waals surface area (Å²) in [6, 6.07) is 14.6. The lowest BCUT2D eigenvalue weighted by Gasteiger charge is -2.37. The first-order chi connectivity index (χ1) is 12.8. The van der Waals surface area contributed by atoms with Crippen LogP contribution in [0.2, 0.25) is 0 Å². The molecule has 1 aliphatic heterocycles. The average molecular weight is 369 g/mol. The predicted molar refractivity (Wildman–Crippen MR) is 104 cm³/mol. The van der Waals surface area contributed by atoms with E-state index in [0.29, 0.717) is 12.0 Å². The Morgan fingerprint density at radius 1 is 1.08 bits per heavy atom. The molecule has 8 heteroatoms. The highest BCUT2D eigenvalue weighted by Gasteiger charge is 2.25. The van der Waals surface area contributed by atoms with Crippen LogP contribution >= 0.6 is 11.3 Å². The summed E-state index contributed by atoms with van der Waals surface area (Å²) in [5.74, 6) is 0.673. The summed E-state index contributed by atoms with van der Waals surface area (Å²) < 4.78 is 1.75. The van der Waals surface area contributed by atoms with Crippen LogP contribution in [0.25, 0.3) is 5.69 Å². The number of nitrogens with zero attached hydrogens (tertiary/aromatic N) is 6. The van der Waals surface area contributed by atoms with Crippen LogP contribution in [-0.4, -0.2) is 69.8 Å². The van der Waals surface area contributed by atoms with Crippen molar-refractivity contribution in [3.63, 3.8) is 0 Å². The summed E-state index contributed by atoms with van der Waals surface area (Å²) in [5, 5.41) is 17.8. The normalized spacial score (nSPS) is 17.3. The molecule has 2 aromatic heterocycles. The fourth-order valence-electron chi connectivity index (χ4n) is 3.25. The van der Waals surface area contributed by atoms with E-state index < -0.39 is 0 Å². The largest absolute Gasteiger partial charge is 0.351 e. The Morgan fingerprint density at radius 3 is 2.62 bits per heavy atom. The monoisotopic (exact) mass is 369 g/mol. The molecule has 1 aromatic carbocycles. The second-order valence-corrected chi connectivity index (χ2v) is 7.48. The Hall–Kier alpha value is -2.29. The van der Waals surface area contributed by atoms with Gasteiger partial charge in [-0.3, -0.25) is 4.90 Å². The van der Waals surface area contributed by atoms with Crippen LogP contribution < -0.4 is 5.32 Å². The molecule has 0 unspecified atom stereocenters. The summed E-state index contributed by atoms with van der Waals surface area (Å²) in [5.41, 5.74) is 0.951. The van der Waals surface area contributed by atoms with E-state index in [2.05, 4.69) is 55.2 Å². The smallest absolute Gasteiger partial charge is 0.247 e. The lowest BCUT2D eigenvalue weighted by molar-refractivity contribution is 0.117. The lowest BCUT2D eigenvalue weighted by atomic mass is 10.1. The van der Waals surface area contributed by atoms with Crippen molar-refractivity contribution in [3.05, 3.63) is 52.7 Å². The van der Waals surface area contributed by atoms with E-state index in [1.54, 1.807) is 4.68 Å². The lowest BCUT2D eigenvalue weighted by Crippen LogP contribution is -2.47. The zero-order valence-corrected chi connectivity index (χ0v) is 15.6. The first-order valence-corrected chi connectivity index (χ1v) is 9.73. The number of para-hydroxylation sites is 1. The molecule has 7 nitrogen and oxygen atoms in total. The molecule has 3 aromatic rings. The molecule has 0 aliphatic carbocycles. The minimum absolute atomic E-state index is 0.324. The number of nitrogens with one attached hydrogen (secondary N) is 1. The molecule has 1 N–H and O–H groups in total. The Labute approximate surface area is 157 Å². The minimum Gasteiger partial charge on any atom is -0.351 e. The van der Waals surface area contributed by atoms with E-state index >= 15 is 0 Å². The standard InChI is InChI=1S/C18H23N7S/c1-23-9-11-24(12-10-23)16(17-8-5-13-26-17)14-19-18-20-21-22-25(18)15-6-3-2-4-7-15/h2-8,13,16H,9-12,14H2,1H3,(H,19,20,22)/t16-/m0/s1. The number of likely N-dealkylation sites (N-methyl/N-ethyl adjacent to an activating group) is 1. The van der Waals surface area contributed by atoms with Gasteiger partial charge in [0.2, 0.25) is 5.95 Å². The number of anilines is 1. The Morgan fingerprint density at radius 2 is 1.88 bits per heavy atom. The fourth-order valence-corrected chi connectivity index (χ4v) is 4.11. The highest BCUT2D eigenvalue weighted by molar-refractivity contribution is 7.10. The number of hydrogen-bond acceptors (Lipinski definition) is 7. The summed E-state index contributed by atoms with van der Waals surface area (Å²) in [6.07, 6.45) is 0. The van der Waals surface area contributed by atoms with Gasteiger partial charge in [-0.2, -0.15) is 4.68 Å². The molecule has 4 rings (SSSR count). The topological polar surface area (TPSA) is 62.1 Å². The van der Waals surface area contributed by atoms with Crippen molar-refractivity contribution < 1.29 is 0 Å². The van der Waals surface area contributed by atoms with Crippen LogP contribution in [-0.2, 0) is 0 Å². The van der Waals surface area contributed by atoms with Crippen LogP contribution in [0.15, 0.2) is 47.8 Å². The van der Waals surface area contributed by atoms with E-state index in [9.17, 15) is 0 Å². The minimum atomic E-state index is 0.324. The highest BCUT2D eigenvalue weighted by atomic mass is 32.1. The number of hydrogen-bond donors (Lipinski definition) is 1. The SMILES string of the molecule is CN1CCN([C@@H](CNc2nnnn2-c2ccccc2)c2cccs2)CC1. The number of tetrazole rings is 1. The molecule has 26 heavy (non-hydrogen) atoms. The van der Waals surface area contributed by atoms with Gasteiger partial charge in [0, 0.05) is 37.6 Å². The average Bonchev–Trinajstić information content (AvgIpc) is 3.36. The molecule has 1 saturated heterocycles. The van der Waals surface area contributed by atoms with Gasteiger partial charge in [-0.05, 0) is 41.1 Å². The van der Waals surface area contributed by atoms with Crippen molar-refractivity contribution in [2.45, 2.75) is 6.04 Å². The molecule has 136 valence electrons. The summed E-state index contributed by atoms with van der Waals surface area (Å²) in [7, 11) is 2.18. The maximum atomic E-state index is 4.17. The van der Waals surface area contributed by atoms with Gasteiger partial charge in [0.25, 0.3) is 0 Å². The van der Waals surface area contributed by atoms with Crippen molar-refractivity contribution >= 4 is 17.3 Å².